The van der Waals surface area contributed by atoms with E-state index in [9.17, 15) is 0 Å². The number of terminal acetylenes is 6. The molecule has 54 heavy (non-hydrogen) atoms. The van der Waals surface area contributed by atoms with Gasteiger partial charge >= 0.3 is 0 Å². The van der Waals surface area contributed by atoms with E-state index in [0.717, 1.165) is 55.4 Å². The van der Waals surface area contributed by atoms with Crippen molar-refractivity contribution in [1.82, 2.24) is 9.13 Å². The summed E-state index contributed by atoms with van der Waals surface area (Å²) in [6, 6.07) is 28.1. The van der Waals surface area contributed by atoms with Crippen LogP contribution in [0.4, 0.5) is 0 Å². The van der Waals surface area contributed by atoms with Crippen LogP contribution in [0.5, 0.6) is 23.0 Å². The molecule has 6 heteroatoms. The molecule has 6 nitrogen and oxygen atoms in total. The topological polar surface area (TPSA) is 46.8 Å². The summed E-state index contributed by atoms with van der Waals surface area (Å²) in [6.45, 7) is 0.884. The van der Waals surface area contributed by atoms with Crippen LogP contribution >= 0.6 is 0 Å². The minimum Gasteiger partial charge on any atom is -0.481 e. The highest BCUT2D eigenvalue weighted by atomic mass is 16.5. The van der Waals surface area contributed by atoms with E-state index in [1.54, 1.807) is 0 Å². The van der Waals surface area contributed by atoms with Gasteiger partial charge in [0.25, 0.3) is 0 Å². The molecule has 0 radical (unpaired) electrons. The van der Waals surface area contributed by atoms with Crippen LogP contribution in [-0.2, 0) is 13.1 Å². The number of fused-ring (bicyclic) bond motifs is 6. The number of para-hydroxylation sites is 2. The van der Waals surface area contributed by atoms with Crippen LogP contribution in [0.15, 0.2) is 84.9 Å². The summed E-state index contributed by atoms with van der Waals surface area (Å²) in [5, 5.41) is 2.05. The second kappa shape index (κ2) is 15.4. The minimum absolute atomic E-state index is 0.0385. The minimum atomic E-state index is -0.404. The molecule has 2 unspecified atom stereocenters. The van der Waals surface area contributed by atoms with Gasteiger partial charge in [0.2, 0.25) is 0 Å². The Bertz CT molecular complexity index is 2480. The highest BCUT2D eigenvalue weighted by Gasteiger charge is 2.44. The Balaban J connectivity index is 1.65. The summed E-state index contributed by atoms with van der Waals surface area (Å²) in [4.78, 5) is 0. The zero-order valence-electron chi connectivity index (χ0n) is 29.5. The monoisotopic (exact) mass is 702 g/mol. The van der Waals surface area contributed by atoms with Gasteiger partial charge in [0.15, 0.2) is 0 Å². The molecule has 4 aromatic carbocycles. The van der Waals surface area contributed by atoms with Crippen molar-refractivity contribution < 1.29 is 18.9 Å². The molecule has 0 bridgehead atoms. The lowest BCUT2D eigenvalue weighted by atomic mass is 9.71. The van der Waals surface area contributed by atoms with E-state index in [1.807, 2.05) is 60.7 Å². The number of nitrogens with zero attached hydrogens (tertiary/aromatic N) is 2. The summed E-state index contributed by atoms with van der Waals surface area (Å²) in [5.74, 6) is 17.6. The zero-order chi connectivity index (χ0) is 37.6. The predicted octanol–water partition coefficient (Wildman–Crippen LogP) is 7.58. The van der Waals surface area contributed by atoms with Crippen LogP contribution < -0.4 is 18.9 Å². The fourth-order valence-electron chi connectivity index (χ4n) is 7.76. The van der Waals surface area contributed by atoms with E-state index in [-0.39, 0.29) is 26.4 Å². The van der Waals surface area contributed by atoms with E-state index in [0.29, 0.717) is 36.1 Å². The fourth-order valence-corrected chi connectivity index (χ4v) is 7.76. The lowest BCUT2D eigenvalue weighted by molar-refractivity contribution is 0.347. The van der Waals surface area contributed by atoms with Gasteiger partial charge in [-0.1, -0.05) is 84.1 Å². The third-order valence-electron chi connectivity index (χ3n) is 9.58. The van der Waals surface area contributed by atoms with Gasteiger partial charge in [0, 0.05) is 56.5 Å². The summed E-state index contributed by atoms with van der Waals surface area (Å²) >= 11 is 0. The van der Waals surface area contributed by atoms with Crippen LogP contribution in [0.3, 0.4) is 0 Å². The number of rotatable bonds is 12. The van der Waals surface area contributed by atoms with E-state index in [1.165, 1.54) is 0 Å². The standard InChI is InChI=1S/C48H34N2O4/c1-7-25-49-39-19-15-13-17-35(39)43-46(38-24-22-34(52-28-10-4)32-42(38)54-30-12-6)48-44(36-18-14-16-20-40(36)50(48)26-8-2)45(47(43)49)37-23-21-33(51-27-9-3)31-41(37)53-29-11-5/h1-6,13-24,31-32,45-46H,25-30H2. The Morgan fingerprint density at radius 1 is 0.463 bits per heavy atom. The highest BCUT2D eigenvalue weighted by Crippen LogP contribution is 2.57. The number of ether oxygens (including phenoxy) is 4. The van der Waals surface area contributed by atoms with Gasteiger partial charge in [-0.15, -0.1) is 38.5 Å². The van der Waals surface area contributed by atoms with E-state index in [2.05, 4.69) is 68.9 Å². The van der Waals surface area contributed by atoms with Crippen molar-refractivity contribution in [3.8, 4) is 97.1 Å². The summed E-state index contributed by atoms with van der Waals surface area (Å²) in [6.07, 6.45) is 34.9. The normalized spacial score (nSPS) is 13.9. The first-order valence-electron chi connectivity index (χ1n) is 17.2. The van der Waals surface area contributed by atoms with Gasteiger partial charge < -0.3 is 28.1 Å². The van der Waals surface area contributed by atoms with Crippen molar-refractivity contribution in [2.24, 2.45) is 0 Å². The summed E-state index contributed by atoms with van der Waals surface area (Å²) in [5.41, 5.74) is 7.76. The van der Waals surface area contributed by atoms with Crippen molar-refractivity contribution in [1.29, 1.82) is 0 Å². The third kappa shape index (κ3) is 6.00. The molecule has 2 heterocycles. The molecule has 0 saturated carbocycles. The average molecular weight is 703 g/mol. The third-order valence-corrected chi connectivity index (χ3v) is 9.58. The molecule has 2 atom stereocenters. The highest BCUT2D eigenvalue weighted by molar-refractivity contribution is 5.94. The molecular formula is C48H34N2O4. The molecule has 6 aromatic rings. The quantitative estimate of drug-likeness (QED) is 0.123. The van der Waals surface area contributed by atoms with Gasteiger partial charge in [0.05, 0.1) is 24.9 Å². The molecule has 0 fully saturated rings. The molecular weight excluding hydrogens is 669 g/mol. The van der Waals surface area contributed by atoms with Gasteiger partial charge in [-0.25, -0.2) is 0 Å². The first-order chi connectivity index (χ1) is 26.6. The lowest BCUT2D eigenvalue weighted by Gasteiger charge is -2.35. The van der Waals surface area contributed by atoms with Gasteiger partial charge in [-0.05, 0) is 35.4 Å². The Labute approximate surface area is 316 Å². The summed E-state index contributed by atoms with van der Waals surface area (Å²) < 4.78 is 28.8. The molecule has 1 aliphatic rings. The Morgan fingerprint density at radius 2 is 0.852 bits per heavy atom. The lowest BCUT2D eigenvalue weighted by Crippen LogP contribution is -2.24. The number of hydrogen-bond donors (Lipinski definition) is 0. The zero-order valence-corrected chi connectivity index (χ0v) is 29.5. The Kier molecular flexibility index (Phi) is 9.97. The van der Waals surface area contributed by atoms with Crippen LogP contribution in [0, 0.1) is 74.1 Å². The average Bonchev–Trinajstić information content (AvgIpc) is 3.70. The number of hydrogen-bond acceptors (Lipinski definition) is 4. The van der Waals surface area contributed by atoms with Gasteiger partial charge in [0.1, 0.15) is 49.4 Å². The maximum atomic E-state index is 6.33. The number of benzene rings is 4. The second-order valence-electron chi connectivity index (χ2n) is 12.4. The molecule has 0 spiro atoms. The SMILES string of the molecule is C#CCOc1ccc(C2c3c(n(CC#C)c4ccccc34)C(c3ccc(OCC#C)cc3OCC#C)c3c2n(CC#C)c2ccccc32)c(OCC#C)c1. The van der Waals surface area contributed by atoms with Crippen LogP contribution in [-0.4, -0.2) is 35.6 Å². The molecule has 1 aliphatic carbocycles. The maximum absolute atomic E-state index is 6.33. The van der Waals surface area contributed by atoms with Crippen molar-refractivity contribution in [3.05, 3.63) is 119 Å². The largest absolute Gasteiger partial charge is 0.481 e. The molecule has 7 rings (SSSR count). The first-order valence-corrected chi connectivity index (χ1v) is 17.2. The Hall–Kier alpha value is -7.48. The van der Waals surface area contributed by atoms with Crippen LogP contribution in [0.1, 0.15) is 45.5 Å². The van der Waals surface area contributed by atoms with E-state index in [4.69, 9.17) is 57.5 Å². The van der Waals surface area contributed by atoms with Gasteiger partial charge in [-0.2, -0.15) is 0 Å². The maximum Gasteiger partial charge on any atom is 0.148 e. The molecule has 0 aliphatic heterocycles. The molecule has 2 aromatic heterocycles. The van der Waals surface area contributed by atoms with Crippen molar-refractivity contribution in [3.63, 3.8) is 0 Å². The van der Waals surface area contributed by atoms with Crippen LogP contribution in [0.2, 0.25) is 0 Å². The predicted molar refractivity (Wildman–Crippen MR) is 214 cm³/mol. The smallest absolute Gasteiger partial charge is 0.148 e. The summed E-state index contributed by atoms with van der Waals surface area (Å²) in [7, 11) is 0. The molecule has 0 saturated heterocycles. The van der Waals surface area contributed by atoms with Crippen molar-refractivity contribution in [2.45, 2.75) is 24.9 Å². The first kappa shape index (κ1) is 34.9. The second-order valence-corrected chi connectivity index (χ2v) is 12.4. The molecule has 0 N–H and O–H groups in total. The van der Waals surface area contributed by atoms with Crippen molar-refractivity contribution in [2.75, 3.05) is 26.4 Å². The van der Waals surface area contributed by atoms with Gasteiger partial charge in [-0.3, -0.25) is 0 Å². The van der Waals surface area contributed by atoms with E-state index < -0.39 is 11.8 Å². The van der Waals surface area contributed by atoms with Crippen LogP contribution in [0.25, 0.3) is 21.8 Å². The van der Waals surface area contributed by atoms with Crippen molar-refractivity contribution >= 4 is 21.8 Å². The van der Waals surface area contributed by atoms with E-state index >= 15 is 0 Å². The number of aromatic nitrogens is 2. The molecule has 0 amide bonds. The fraction of sp³-hybridized carbons (Fsp3) is 0.167. The Morgan fingerprint density at radius 3 is 1.24 bits per heavy atom. The molecule has 260 valence electrons.